The lowest BCUT2D eigenvalue weighted by molar-refractivity contribution is 0.0995. The molecule has 0 aliphatic heterocycles. The van der Waals surface area contributed by atoms with Gasteiger partial charge in [-0.3, -0.25) is 8.75 Å². The Morgan fingerprint density at radius 2 is 2.08 bits per heavy atom. The van der Waals surface area contributed by atoms with Gasteiger partial charge in [0.15, 0.2) is 0 Å². The van der Waals surface area contributed by atoms with Gasteiger partial charge >= 0.3 is 0 Å². The molecule has 2 rings (SSSR count). The van der Waals surface area contributed by atoms with E-state index in [0.29, 0.717) is 34.2 Å². The number of methoxy groups -OCH3 is 1. The van der Waals surface area contributed by atoms with E-state index in [1.165, 1.54) is 18.6 Å². The van der Waals surface area contributed by atoms with Crippen molar-refractivity contribution in [2.75, 3.05) is 13.7 Å². The summed E-state index contributed by atoms with van der Waals surface area (Å²) in [5.74, 6) is 0.0600. The number of hydrogen-bond donors (Lipinski definition) is 0. The van der Waals surface area contributed by atoms with Crippen molar-refractivity contribution in [2.45, 2.75) is 39.8 Å². The van der Waals surface area contributed by atoms with Crippen LogP contribution < -0.4 is 9.41 Å². The first kappa shape index (κ1) is 19.7. The lowest BCUT2D eigenvalue weighted by atomic mass is 10.1. The van der Waals surface area contributed by atoms with Gasteiger partial charge in [0, 0.05) is 28.9 Å². The summed E-state index contributed by atoms with van der Waals surface area (Å²) in [7, 11) is 1.51. The predicted molar refractivity (Wildman–Crippen MR) is 101 cm³/mol. The Labute approximate surface area is 157 Å². The molecule has 1 aromatic carbocycles. The van der Waals surface area contributed by atoms with E-state index >= 15 is 0 Å². The highest BCUT2D eigenvalue weighted by atomic mass is 35.5. The van der Waals surface area contributed by atoms with Crippen LogP contribution in [0.25, 0.3) is 0 Å². The summed E-state index contributed by atoms with van der Waals surface area (Å²) < 4.78 is 13.5. The van der Waals surface area contributed by atoms with E-state index in [1.54, 1.807) is 18.2 Å². The molecule has 0 unspecified atom stereocenters. The number of amides is 1. The van der Waals surface area contributed by atoms with Crippen LogP contribution in [0.5, 0.6) is 5.75 Å². The van der Waals surface area contributed by atoms with Crippen LogP contribution in [0.4, 0.5) is 0 Å². The third-order valence-electron chi connectivity index (χ3n) is 3.45. The quantitative estimate of drug-likeness (QED) is 0.776. The van der Waals surface area contributed by atoms with Crippen molar-refractivity contribution in [3.05, 3.63) is 45.2 Å². The number of nitrogens with zero attached hydrogens (tertiary/aromatic N) is 2. The Morgan fingerprint density at radius 1 is 1.36 bits per heavy atom. The Morgan fingerprint density at radius 3 is 2.68 bits per heavy atom. The summed E-state index contributed by atoms with van der Waals surface area (Å²) in [5.41, 5.74) is 1.13. The summed E-state index contributed by atoms with van der Waals surface area (Å²) in [6.45, 7) is 9.23. The van der Waals surface area contributed by atoms with E-state index in [-0.39, 0.29) is 11.4 Å². The van der Waals surface area contributed by atoms with Gasteiger partial charge in [0.25, 0.3) is 5.91 Å². The fourth-order valence-electron chi connectivity index (χ4n) is 2.11. The Hall–Kier alpha value is -1.63. The minimum absolute atomic E-state index is 0.101. The minimum Gasteiger partial charge on any atom is -0.496 e. The normalized spacial score (nSPS) is 12.5. The van der Waals surface area contributed by atoms with Crippen molar-refractivity contribution in [1.29, 1.82) is 0 Å². The van der Waals surface area contributed by atoms with Crippen LogP contribution in [-0.2, 0) is 16.9 Å². The van der Waals surface area contributed by atoms with Crippen molar-refractivity contribution in [3.63, 3.8) is 0 Å². The summed E-state index contributed by atoms with van der Waals surface area (Å²) >= 11 is 7.45. The van der Waals surface area contributed by atoms with Gasteiger partial charge in [0.2, 0.25) is 0 Å². The highest BCUT2D eigenvalue weighted by molar-refractivity contribution is 7.04. The van der Waals surface area contributed by atoms with E-state index in [2.05, 4.69) is 29.7 Å². The van der Waals surface area contributed by atoms with Gasteiger partial charge in [-0.1, -0.05) is 11.6 Å². The Balaban J connectivity index is 2.50. The molecule has 0 saturated carbocycles. The van der Waals surface area contributed by atoms with Crippen LogP contribution in [0, 0.1) is 0 Å². The molecule has 5 nitrogen and oxygen atoms in total. The number of halogens is 1. The van der Waals surface area contributed by atoms with E-state index in [4.69, 9.17) is 21.1 Å². The Kier molecular flexibility index (Phi) is 6.43. The first-order chi connectivity index (χ1) is 11.8. The number of rotatable bonds is 5. The highest BCUT2D eigenvalue weighted by Gasteiger charge is 2.17. The third kappa shape index (κ3) is 4.93. The molecule has 7 heteroatoms. The standard InChI is InChI=1S/C18H23ClN2O3S/c1-6-24-11-12-10-21(18(2,3)4)25-17(12)20-16(22)14-9-13(19)7-8-15(14)23-5/h7-10H,6,11H2,1-5H3/b20-17-. The van der Waals surface area contributed by atoms with E-state index in [9.17, 15) is 4.79 Å². The molecule has 1 heterocycles. The molecule has 136 valence electrons. The van der Waals surface area contributed by atoms with Gasteiger partial charge in [-0.05, 0) is 57.4 Å². The van der Waals surface area contributed by atoms with Gasteiger partial charge in [-0.2, -0.15) is 4.99 Å². The molecule has 0 bridgehead atoms. The zero-order chi connectivity index (χ0) is 18.6. The second-order valence-corrected chi connectivity index (χ2v) is 7.85. The van der Waals surface area contributed by atoms with Crippen LogP contribution in [0.2, 0.25) is 5.02 Å². The summed E-state index contributed by atoms with van der Waals surface area (Å²) in [5, 5.41) is 0.463. The van der Waals surface area contributed by atoms with Crippen molar-refractivity contribution in [2.24, 2.45) is 4.99 Å². The second kappa shape index (κ2) is 8.17. The van der Waals surface area contributed by atoms with Crippen LogP contribution in [0.1, 0.15) is 43.6 Å². The molecule has 0 fully saturated rings. The summed E-state index contributed by atoms with van der Waals surface area (Å²) in [6, 6.07) is 4.91. The number of aromatic nitrogens is 1. The van der Waals surface area contributed by atoms with Crippen LogP contribution >= 0.6 is 23.1 Å². The van der Waals surface area contributed by atoms with E-state index in [1.807, 2.05) is 13.1 Å². The average molecular weight is 383 g/mol. The van der Waals surface area contributed by atoms with Gasteiger partial charge in [-0.25, -0.2) is 0 Å². The molecule has 0 saturated heterocycles. The number of hydrogen-bond acceptors (Lipinski definition) is 4. The van der Waals surface area contributed by atoms with Crippen molar-refractivity contribution < 1.29 is 14.3 Å². The lowest BCUT2D eigenvalue weighted by Crippen LogP contribution is -2.18. The zero-order valence-electron chi connectivity index (χ0n) is 15.1. The molecule has 0 radical (unpaired) electrons. The third-order valence-corrected chi connectivity index (χ3v) is 5.06. The SMILES string of the molecule is CCOCc1cn(C(C)(C)C)s/c1=N\C(=O)c1cc(Cl)ccc1OC. The van der Waals surface area contributed by atoms with Gasteiger partial charge in [-0.15, -0.1) is 0 Å². The monoisotopic (exact) mass is 382 g/mol. The van der Waals surface area contributed by atoms with Crippen LogP contribution in [-0.4, -0.2) is 23.6 Å². The number of ether oxygens (including phenoxy) is 2. The Bertz CT molecular complexity index is 818. The molecule has 0 spiro atoms. The average Bonchev–Trinajstić information content (AvgIpc) is 2.95. The lowest BCUT2D eigenvalue weighted by Gasteiger charge is -2.19. The van der Waals surface area contributed by atoms with Crippen molar-refractivity contribution >= 4 is 29.0 Å². The maximum absolute atomic E-state index is 12.7. The fraction of sp³-hybridized carbons (Fsp3) is 0.444. The van der Waals surface area contributed by atoms with Crippen LogP contribution in [0.15, 0.2) is 29.4 Å². The molecule has 0 aliphatic rings. The number of carbonyl (C=O) groups excluding carboxylic acids is 1. The maximum Gasteiger partial charge on any atom is 0.282 e. The van der Waals surface area contributed by atoms with Gasteiger partial charge < -0.3 is 9.47 Å². The first-order valence-corrected chi connectivity index (χ1v) is 9.14. The van der Waals surface area contributed by atoms with Gasteiger partial charge in [0.05, 0.1) is 19.3 Å². The molecular weight excluding hydrogens is 360 g/mol. The smallest absolute Gasteiger partial charge is 0.282 e. The highest BCUT2D eigenvalue weighted by Crippen LogP contribution is 2.23. The fourth-order valence-corrected chi connectivity index (χ4v) is 3.27. The second-order valence-electron chi connectivity index (χ2n) is 6.45. The van der Waals surface area contributed by atoms with Crippen molar-refractivity contribution in [3.8, 4) is 5.75 Å². The first-order valence-electron chi connectivity index (χ1n) is 7.99. The van der Waals surface area contributed by atoms with Crippen molar-refractivity contribution in [1.82, 2.24) is 3.96 Å². The molecule has 0 atom stereocenters. The predicted octanol–water partition coefficient (Wildman–Crippen LogP) is 4.24. The summed E-state index contributed by atoms with van der Waals surface area (Å²) in [4.78, 5) is 17.0. The number of benzene rings is 1. The van der Waals surface area contributed by atoms with Gasteiger partial charge in [0.1, 0.15) is 10.4 Å². The molecule has 0 N–H and O–H groups in total. The molecular formula is C18H23ClN2O3S. The minimum atomic E-state index is -0.389. The summed E-state index contributed by atoms with van der Waals surface area (Å²) in [6.07, 6.45) is 1.99. The zero-order valence-corrected chi connectivity index (χ0v) is 16.7. The molecule has 1 amide bonds. The molecule has 25 heavy (non-hydrogen) atoms. The topological polar surface area (TPSA) is 52.8 Å². The molecule has 0 aliphatic carbocycles. The van der Waals surface area contributed by atoms with E-state index < -0.39 is 0 Å². The van der Waals surface area contributed by atoms with E-state index in [0.717, 1.165) is 5.56 Å². The molecule has 2 aromatic rings. The maximum atomic E-state index is 12.7. The van der Waals surface area contributed by atoms with Crippen LogP contribution in [0.3, 0.4) is 0 Å². The molecule has 1 aromatic heterocycles. The largest absolute Gasteiger partial charge is 0.496 e. The number of carbonyl (C=O) groups is 1.